The summed E-state index contributed by atoms with van der Waals surface area (Å²) in [6.45, 7) is 2.08. The number of para-hydroxylation sites is 1. The highest BCUT2D eigenvalue weighted by atomic mass is 32.2. The minimum atomic E-state index is -3.92. The highest BCUT2D eigenvalue weighted by Crippen LogP contribution is 2.34. The molecule has 1 amide bonds. The normalized spacial score (nSPS) is 11.3. The Kier molecular flexibility index (Phi) is 7.08. The maximum Gasteiger partial charge on any atom is 0.262 e. The number of aryl methyl sites for hydroxylation is 1. The van der Waals surface area contributed by atoms with Gasteiger partial charge in [0.05, 0.1) is 40.0 Å². The average Bonchev–Trinajstić information content (AvgIpc) is 3.35. The molecule has 0 fully saturated rings. The Morgan fingerprint density at radius 3 is 2.55 bits per heavy atom. The van der Waals surface area contributed by atoms with E-state index in [-0.39, 0.29) is 22.7 Å². The first-order valence-electron chi connectivity index (χ1n) is 11.7. The number of amides is 1. The molecule has 0 aliphatic rings. The van der Waals surface area contributed by atoms with E-state index < -0.39 is 15.9 Å². The summed E-state index contributed by atoms with van der Waals surface area (Å²) in [4.78, 5) is 24.6. The molecule has 3 aromatic carbocycles. The van der Waals surface area contributed by atoms with Crippen molar-refractivity contribution >= 4 is 48.3 Å². The molecule has 38 heavy (non-hydrogen) atoms. The predicted molar refractivity (Wildman–Crippen MR) is 149 cm³/mol. The van der Waals surface area contributed by atoms with Crippen LogP contribution in [0.15, 0.2) is 96.2 Å². The van der Waals surface area contributed by atoms with E-state index in [1.807, 2.05) is 31.2 Å². The number of fused-ring (bicyclic) bond motifs is 1. The number of nitrogens with zero attached hydrogens (tertiary/aromatic N) is 3. The van der Waals surface area contributed by atoms with Crippen LogP contribution in [0.5, 0.6) is 5.75 Å². The molecule has 0 saturated carbocycles. The van der Waals surface area contributed by atoms with Crippen LogP contribution in [0.3, 0.4) is 0 Å². The fourth-order valence-electron chi connectivity index (χ4n) is 3.86. The van der Waals surface area contributed by atoms with Gasteiger partial charge in [-0.3, -0.25) is 19.4 Å². The molecule has 10 heteroatoms. The summed E-state index contributed by atoms with van der Waals surface area (Å²) in [5, 5.41) is 0.471. The molecule has 0 saturated heterocycles. The second-order valence-corrected chi connectivity index (χ2v) is 11.2. The Morgan fingerprint density at radius 2 is 1.82 bits per heavy atom. The second kappa shape index (κ2) is 10.6. The number of carbonyl (C=O) groups excluding carboxylic acids is 1. The number of thiazole rings is 1. The molecule has 5 aromatic rings. The number of hydrogen-bond acceptors (Lipinski definition) is 7. The number of pyridine rings is 1. The maximum absolute atomic E-state index is 14.1. The first kappa shape index (κ1) is 25.4. The molecule has 192 valence electrons. The molecule has 0 unspecified atom stereocenters. The van der Waals surface area contributed by atoms with Crippen molar-refractivity contribution in [3.63, 3.8) is 0 Å². The summed E-state index contributed by atoms with van der Waals surface area (Å²) < 4.78 is 35.0. The van der Waals surface area contributed by atoms with Crippen LogP contribution in [0.25, 0.3) is 10.2 Å². The molecule has 0 bridgehead atoms. The van der Waals surface area contributed by atoms with E-state index >= 15 is 0 Å². The third-order valence-corrected chi connectivity index (χ3v) is 8.28. The monoisotopic (exact) mass is 544 g/mol. The van der Waals surface area contributed by atoms with Crippen molar-refractivity contribution in [2.75, 3.05) is 16.7 Å². The van der Waals surface area contributed by atoms with Gasteiger partial charge in [-0.05, 0) is 61.0 Å². The van der Waals surface area contributed by atoms with Crippen LogP contribution in [-0.4, -0.2) is 31.4 Å². The third kappa shape index (κ3) is 5.36. The van der Waals surface area contributed by atoms with E-state index in [9.17, 15) is 13.2 Å². The molecule has 5 rings (SSSR count). The van der Waals surface area contributed by atoms with Crippen LogP contribution in [-0.2, 0) is 16.6 Å². The Balaban J connectivity index is 1.54. The summed E-state index contributed by atoms with van der Waals surface area (Å²) in [6.07, 6.45) is 3.34. The van der Waals surface area contributed by atoms with Gasteiger partial charge in [0.25, 0.3) is 15.9 Å². The number of benzene rings is 3. The lowest BCUT2D eigenvalue weighted by molar-refractivity contribution is 0.0986. The fraction of sp³-hybridized carbons (Fsp3) is 0.107. The average molecular weight is 545 g/mol. The van der Waals surface area contributed by atoms with Crippen LogP contribution < -0.4 is 14.4 Å². The summed E-state index contributed by atoms with van der Waals surface area (Å²) in [5.74, 6) is 0.288. The van der Waals surface area contributed by atoms with Crippen LogP contribution >= 0.6 is 11.3 Å². The Morgan fingerprint density at radius 1 is 1.03 bits per heavy atom. The fourth-order valence-corrected chi connectivity index (χ4v) is 5.93. The Bertz CT molecular complexity index is 1700. The lowest BCUT2D eigenvalue weighted by Crippen LogP contribution is -2.31. The number of methoxy groups -OCH3 is 1. The number of ether oxygens (including phenoxy) is 1. The lowest BCUT2D eigenvalue weighted by atomic mass is 10.1. The molecule has 0 atom stereocenters. The van der Waals surface area contributed by atoms with Crippen LogP contribution in [0.2, 0.25) is 0 Å². The zero-order valence-corrected chi connectivity index (χ0v) is 22.3. The number of nitrogens with one attached hydrogen (secondary N) is 1. The van der Waals surface area contributed by atoms with Gasteiger partial charge in [-0.25, -0.2) is 13.4 Å². The number of carbonyl (C=O) groups is 1. The van der Waals surface area contributed by atoms with Crippen LogP contribution in [0.1, 0.15) is 21.5 Å². The molecular weight excluding hydrogens is 520 g/mol. The van der Waals surface area contributed by atoms with Crippen LogP contribution in [0, 0.1) is 6.92 Å². The molecule has 1 N–H and O–H groups in total. The van der Waals surface area contributed by atoms with Crippen molar-refractivity contribution in [3.8, 4) is 5.75 Å². The molecule has 2 aromatic heterocycles. The zero-order valence-electron chi connectivity index (χ0n) is 20.7. The van der Waals surface area contributed by atoms with Gasteiger partial charge in [0.15, 0.2) is 5.13 Å². The molecular formula is C28H24N4O4S2. The van der Waals surface area contributed by atoms with Gasteiger partial charge in [0.1, 0.15) is 5.75 Å². The first-order chi connectivity index (χ1) is 18.3. The zero-order chi connectivity index (χ0) is 26.7. The Hall–Kier alpha value is -4.28. The van der Waals surface area contributed by atoms with Gasteiger partial charge in [-0.1, -0.05) is 47.2 Å². The Labute approximate surface area is 224 Å². The van der Waals surface area contributed by atoms with Crippen molar-refractivity contribution in [2.24, 2.45) is 0 Å². The van der Waals surface area contributed by atoms with Gasteiger partial charge in [-0.2, -0.15) is 0 Å². The number of aromatic nitrogens is 2. The van der Waals surface area contributed by atoms with Crippen molar-refractivity contribution in [1.82, 2.24) is 9.97 Å². The van der Waals surface area contributed by atoms with E-state index in [2.05, 4.69) is 9.71 Å². The van der Waals surface area contributed by atoms with Crippen molar-refractivity contribution in [3.05, 3.63) is 108 Å². The summed E-state index contributed by atoms with van der Waals surface area (Å²) in [6, 6.07) is 22.3. The van der Waals surface area contributed by atoms with E-state index in [0.717, 1.165) is 21.3 Å². The molecule has 0 spiro atoms. The van der Waals surface area contributed by atoms with E-state index in [1.165, 1.54) is 28.4 Å². The van der Waals surface area contributed by atoms with Gasteiger partial charge in [-0.15, -0.1) is 0 Å². The minimum Gasteiger partial charge on any atom is -0.497 e. The lowest BCUT2D eigenvalue weighted by Gasteiger charge is -2.22. The highest BCUT2D eigenvalue weighted by molar-refractivity contribution is 7.92. The largest absolute Gasteiger partial charge is 0.497 e. The van der Waals surface area contributed by atoms with E-state index in [1.54, 1.807) is 62.0 Å². The topological polar surface area (TPSA) is 101 Å². The summed E-state index contributed by atoms with van der Waals surface area (Å²) >= 11 is 1.35. The summed E-state index contributed by atoms with van der Waals surface area (Å²) in [7, 11) is -2.33. The molecule has 0 radical (unpaired) electrons. The smallest absolute Gasteiger partial charge is 0.262 e. The van der Waals surface area contributed by atoms with Gasteiger partial charge in [0, 0.05) is 12.4 Å². The predicted octanol–water partition coefficient (Wildman–Crippen LogP) is 5.66. The standard InChI is InChI=1S/C28H24N4O4S2/c1-19-9-12-22(13-10-19)38(34,35)31-24-8-4-3-7-23(24)27(33)32(18-20-6-5-15-29-17-20)28-30-25-14-11-21(36-2)16-26(25)37-28/h3-17,31H,18H2,1-2H3. The highest BCUT2D eigenvalue weighted by Gasteiger charge is 2.26. The first-order valence-corrected chi connectivity index (χ1v) is 14.0. The van der Waals surface area contributed by atoms with E-state index in [4.69, 9.17) is 9.72 Å². The van der Waals surface area contributed by atoms with Gasteiger partial charge >= 0.3 is 0 Å². The molecule has 0 aliphatic heterocycles. The van der Waals surface area contributed by atoms with Gasteiger partial charge in [0.2, 0.25) is 0 Å². The maximum atomic E-state index is 14.1. The number of anilines is 2. The van der Waals surface area contributed by atoms with Crippen molar-refractivity contribution in [1.29, 1.82) is 0 Å². The minimum absolute atomic E-state index is 0.109. The third-order valence-electron chi connectivity index (χ3n) is 5.86. The summed E-state index contributed by atoms with van der Waals surface area (Å²) in [5.41, 5.74) is 2.85. The van der Waals surface area contributed by atoms with Gasteiger partial charge < -0.3 is 4.74 Å². The van der Waals surface area contributed by atoms with E-state index in [0.29, 0.717) is 10.9 Å². The number of sulfonamides is 1. The second-order valence-electron chi connectivity index (χ2n) is 8.55. The quantitative estimate of drug-likeness (QED) is 0.271. The molecule has 2 heterocycles. The molecule has 0 aliphatic carbocycles. The SMILES string of the molecule is COc1ccc2nc(N(Cc3cccnc3)C(=O)c3ccccc3NS(=O)(=O)c3ccc(C)cc3)sc2c1. The van der Waals surface area contributed by atoms with Crippen molar-refractivity contribution < 1.29 is 17.9 Å². The number of hydrogen-bond donors (Lipinski definition) is 1. The number of rotatable bonds is 8. The van der Waals surface area contributed by atoms with Crippen LogP contribution in [0.4, 0.5) is 10.8 Å². The molecule has 8 nitrogen and oxygen atoms in total. The van der Waals surface area contributed by atoms with Crippen molar-refractivity contribution in [2.45, 2.75) is 18.4 Å².